The Morgan fingerprint density at radius 1 is 1.08 bits per heavy atom. The van der Waals surface area contributed by atoms with Gasteiger partial charge in [-0.15, -0.1) is 0 Å². The molecule has 5 rings (SSSR count). The van der Waals surface area contributed by atoms with Gasteiger partial charge in [0.05, 0.1) is 40.6 Å². The van der Waals surface area contributed by atoms with E-state index in [1.54, 1.807) is 13.1 Å². The molecular formula is C27H25N5O6. The largest absolute Gasteiger partial charge is 0.484 e. The van der Waals surface area contributed by atoms with Crippen LogP contribution in [0, 0.1) is 10.1 Å². The number of hydrogen-bond donors (Lipinski definition) is 1. The van der Waals surface area contributed by atoms with Crippen molar-refractivity contribution in [3.63, 3.8) is 0 Å². The standard InChI is InChI=1S/C27H25N5O6/c1-30-27(34)22-5-3-2-4-21(22)26(29-30)18-6-11-24(31-12-14-37-15-13-31)23(16-18)28-25(33)17-38-20-9-7-19(8-10-20)32(35)36/h2-11,16H,12-15,17H2,1H3,(H,28,33). The minimum atomic E-state index is -0.501. The molecule has 3 aromatic carbocycles. The third-order valence-electron chi connectivity index (χ3n) is 6.27. The topological polar surface area (TPSA) is 129 Å². The fourth-order valence-corrected chi connectivity index (χ4v) is 4.38. The first-order valence-electron chi connectivity index (χ1n) is 12.0. The first-order valence-corrected chi connectivity index (χ1v) is 12.0. The Morgan fingerprint density at radius 2 is 1.79 bits per heavy atom. The molecule has 1 aromatic heterocycles. The third-order valence-corrected chi connectivity index (χ3v) is 6.27. The molecule has 0 unspecified atom stereocenters. The van der Waals surface area contributed by atoms with E-state index in [4.69, 9.17) is 9.47 Å². The number of morpholine rings is 1. The Balaban J connectivity index is 1.45. The SMILES string of the molecule is Cn1nc(-c2ccc(N3CCOCC3)c(NC(=O)COc3ccc([N+](=O)[O-])cc3)c2)c2ccccc2c1=O. The number of nitrogens with zero attached hydrogens (tertiary/aromatic N) is 4. The zero-order chi connectivity index (χ0) is 26.6. The highest BCUT2D eigenvalue weighted by molar-refractivity contribution is 5.99. The number of amides is 1. The summed E-state index contributed by atoms with van der Waals surface area (Å²) in [6, 6.07) is 18.5. The van der Waals surface area contributed by atoms with E-state index in [1.165, 1.54) is 28.9 Å². The predicted molar refractivity (Wildman–Crippen MR) is 143 cm³/mol. The first kappa shape index (κ1) is 24.9. The van der Waals surface area contributed by atoms with E-state index in [9.17, 15) is 19.7 Å². The van der Waals surface area contributed by atoms with Crippen molar-refractivity contribution in [1.82, 2.24) is 9.78 Å². The van der Waals surface area contributed by atoms with Gasteiger partial charge >= 0.3 is 0 Å². The van der Waals surface area contributed by atoms with Crippen molar-refractivity contribution in [2.24, 2.45) is 7.05 Å². The number of hydrogen-bond acceptors (Lipinski definition) is 8. The maximum Gasteiger partial charge on any atom is 0.274 e. The summed E-state index contributed by atoms with van der Waals surface area (Å²) in [5.41, 5.74) is 2.50. The molecule has 1 fully saturated rings. The molecule has 2 heterocycles. The molecule has 0 bridgehead atoms. The monoisotopic (exact) mass is 515 g/mol. The summed E-state index contributed by atoms with van der Waals surface area (Å²) in [7, 11) is 1.61. The van der Waals surface area contributed by atoms with Crippen LogP contribution in [0.3, 0.4) is 0 Å². The second-order valence-corrected chi connectivity index (χ2v) is 8.74. The lowest BCUT2D eigenvalue weighted by atomic mass is 10.0. The molecule has 1 saturated heterocycles. The molecule has 1 aliphatic heterocycles. The minimum Gasteiger partial charge on any atom is -0.484 e. The van der Waals surface area contributed by atoms with Gasteiger partial charge in [0.25, 0.3) is 17.2 Å². The molecule has 0 aliphatic carbocycles. The molecule has 1 N–H and O–H groups in total. The number of aromatic nitrogens is 2. The maximum atomic E-state index is 12.9. The van der Waals surface area contributed by atoms with Crippen molar-refractivity contribution in [3.05, 3.63) is 87.2 Å². The average Bonchev–Trinajstić information content (AvgIpc) is 2.94. The zero-order valence-corrected chi connectivity index (χ0v) is 20.6. The van der Waals surface area contributed by atoms with Crippen LogP contribution in [0.25, 0.3) is 22.0 Å². The number of carbonyl (C=O) groups excluding carboxylic acids is 1. The lowest BCUT2D eigenvalue weighted by Crippen LogP contribution is -2.37. The van der Waals surface area contributed by atoms with Gasteiger partial charge < -0.3 is 19.7 Å². The quantitative estimate of drug-likeness (QED) is 0.293. The number of anilines is 2. The lowest BCUT2D eigenvalue weighted by Gasteiger charge is -2.31. The highest BCUT2D eigenvalue weighted by Gasteiger charge is 2.19. The van der Waals surface area contributed by atoms with Crippen LogP contribution in [0.1, 0.15) is 0 Å². The minimum absolute atomic E-state index is 0.0617. The van der Waals surface area contributed by atoms with E-state index >= 15 is 0 Å². The van der Waals surface area contributed by atoms with Crippen molar-refractivity contribution in [2.75, 3.05) is 43.1 Å². The summed E-state index contributed by atoms with van der Waals surface area (Å²) in [6.07, 6.45) is 0. The van der Waals surface area contributed by atoms with Crippen molar-refractivity contribution in [3.8, 4) is 17.0 Å². The Bertz CT molecular complexity index is 1560. The fourth-order valence-electron chi connectivity index (χ4n) is 4.38. The van der Waals surface area contributed by atoms with E-state index in [-0.39, 0.29) is 17.9 Å². The van der Waals surface area contributed by atoms with Crippen LogP contribution >= 0.6 is 0 Å². The molecule has 11 heteroatoms. The molecule has 1 amide bonds. The number of rotatable bonds is 7. The molecule has 11 nitrogen and oxygen atoms in total. The Kier molecular flexibility index (Phi) is 7.00. The average molecular weight is 516 g/mol. The van der Waals surface area contributed by atoms with Crippen molar-refractivity contribution in [2.45, 2.75) is 0 Å². The molecular weight excluding hydrogens is 490 g/mol. The number of non-ortho nitro benzene ring substituents is 1. The van der Waals surface area contributed by atoms with Crippen LogP contribution in [-0.4, -0.2) is 53.5 Å². The second kappa shape index (κ2) is 10.7. The summed E-state index contributed by atoms with van der Waals surface area (Å²) in [6.45, 7) is 2.20. The lowest BCUT2D eigenvalue weighted by molar-refractivity contribution is -0.384. The number of carbonyl (C=O) groups is 1. The summed E-state index contributed by atoms with van der Waals surface area (Å²) in [5, 5.41) is 19.6. The van der Waals surface area contributed by atoms with Gasteiger partial charge in [-0.2, -0.15) is 5.10 Å². The van der Waals surface area contributed by atoms with Crippen molar-refractivity contribution in [1.29, 1.82) is 0 Å². The summed E-state index contributed by atoms with van der Waals surface area (Å²) < 4.78 is 12.3. The van der Waals surface area contributed by atoms with Crippen LogP contribution in [0.4, 0.5) is 17.1 Å². The summed E-state index contributed by atoms with van der Waals surface area (Å²) >= 11 is 0. The number of nitro groups is 1. The molecule has 0 spiro atoms. The van der Waals surface area contributed by atoms with Crippen LogP contribution < -0.4 is 20.5 Å². The number of ether oxygens (including phenoxy) is 2. The highest BCUT2D eigenvalue weighted by atomic mass is 16.6. The van der Waals surface area contributed by atoms with E-state index in [0.717, 1.165) is 11.3 Å². The number of nitro benzene ring substituents is 1. The zero-order valence-electron chi connectivity index (χ0n) is 20.6. The van der Waals surface area contributed by atoms with E-state index in [0.29, 0.717) is 54.2 Å². The van der Waals surface area contributed by atoms with Gasteiger partial charge in [-0.25, -0.2) is 4.68 Å². The van der Waals surface area contributed by atoms with Gasteiger partial charge in [-0.3, -0.25) is 19.7 Å². The number of aryl methyl sites for hydroxylation is 1. The smallest absolute Gasteiger partial charge is 0.274 e. The Hall–Kier alpha value is -4.77. The maximum absolute atomic E-state index is 12.9. The molecule has 1 aliphatic rings. The van der Waals surface area contributed by atoms with E-state index < -0.39 is 10.8 Å². The third kappa shape index (κ3) is 5.18. The Morgan fingerprint density at radius 3 is 2.50 bits per heavy atom. The normalized spacial score (nSPS) is 13.3. The molecule has 0 saturated carbocycles. The van der Waals surface area contributed by atoms with Crippen LogP contribution in [0.5, 0.6) is 5.75 Å². The first-order chi connectivity index (χ1) is 18.4. The Labute approximate surface area is 217 Å². The van der Waals surface area contributed by atoms with Gasteiger partial charge in [-0.05, 0) is 30.3 Å². The highest BCUT2D eigenvalue weighted by Crippen LogP contribution is 2.33. The van der Waals surface area contributed by atoms with Gasteiger partial charge in [0.15, 0.2) is 6.61 Å². The van der Waals surface area contributed by atoms with Gasteiger partial charge in [0, 0.05) is 43.2 Å². The fraction of sp³-hybridized carbons (Fsp3) is 0.222. The second-order valence-electron chi connectivity index (χ2n) is 8.74. The predicted octanol–water partition coefficient (Wildman–Crippen LogP) is 3.36. The van der Waals surface area contributed by atoms with Crippen LogP contribution in [0.2, 0.25) is 0 Å². The number of benzene rings is 3. The van der Waals surface area contributed by atoms with E-state index in [2.05, 4.69) is 15.3 Å². The molecule has 4 aromatic rings. The van der Waals surface area contributed by atoms with Crippen LogP contribution in [-0.2, 0) is 16.6 Å². The summed E-state index contributed by atoms with van der Waals surface area (Å²) in [5.74, 6) is -0.0536. The molecule has 194 valence electrons. The number of fused-ring (bicyclic) bond motifs is 1. The van der Waals surface area contributed by atoms with Crippen LogP contribution in [0.15, 0.2) is 71.5 Å². The molecule has 0 atom stereocenters. The molecule has 38 heavy (non-hydrogen) atoms. The van der Waals surface area contributed by atoms with E-state index in [1.807, 2.05) is 36.4 Å². The van der Waals surface area contributed by atoms with Crippen molar-refractivity contribution >= 4 is 33.7 Å². The van der Waals surface area contributed by atoms with Crippen molar-refractivity contribution < 1.29 is 19.2 Å². The molecule has 0 radical (unpaired) electrons. The number of nitrogens with one attached hydrogen (secondary N) is 1. The van der Waals surface area contributed by atoms with Gasteiger partial charge in [-0.1, -0.05) is 24.3 Å². The summed E-state index contributed by atoms with van der Waals surface area (Å²) in [4.78, 5) is 38.0. The van der Waals surface area contributed by atoms with Gasteiger partial charge in [0.1, 0.15) is 5.75 Å². The van der Waals surface area contributed by atoms with Gasteiger partial charge in [0.2, 0.25) is 0 Å².